The molecule has 0 aliphatic heterocycles. The Balaban J connectivity index is 4.80. The van der Waals surface area contributed by atoms with Gasteiger partial charge in [-0.25, -0.2) is 8.42 Å². The zero-order chi connectivity index (χ0) is 10.9. The van der Waals surface area contributed by atoms with Gasteiger partial charge in [-0.3, -0.25) is 4.18 Å². The number of hydrogen-bond acceptors (Lipinski definition) is 4. The summed E-state index contributed by atoms with van der Waals surface area (Å²) in [6.45, 7) is 9.25. The standard InChI is InChI=1S/C7H19NO3SSi/c1-7(2,3)8-13(5,6)12(9,10)11-4/h8H,1-6H3. The zero-order valence-electron chi connectivity index (χ0n) is 9.13. The Kier molecular flexibility index (Phi) is 3.71. The monoisotopic (exact) mass is 225 g/mol. The highest BCUT2D eigenvalue weighted by molar-refractivity contribution is 8.18. The lowest BCUT2D eigenvalue weighted by Crippen LogP contribution is -2.59. The van der Waals surface area contributed by atoms with E-state index in [4.69, 9.17) is 0 Å². The Morgan fingerprint density at radius 1 is 1.23 bits per heavy atom. The summed E-state index contributed by atoms with van der Waals surface area (Å²) in [4.78, 5) is 3.11. The van der Waals surface area contributed by atoms with Crippen molar-refractivity contribution in [3.63, 3.8) is 0 Å². The molecular formula is C7H19NO3SSi. The molecule has 0 amide bonds. The zero-order valence-corrected chi connectivity index (χ0v) is 10.9. The topological polar surface area (TPSA) is 55.4 Å². The van der Waals surface area contributed by atoms with E-state index in [0.717, 1.165) is 0 Å². The van der Waals surface area contributed by atoms with Crippen LogP contribution in [0.1, 0.15) is 20.8 Å². The van der Waals surface area contributed by atoms with Crippen LogP contribution in [0, 0.1) is 0 Å². The van der Waals surface area contributed by atoms with E-state index >= 15 is 0 Å². The third-order valence-electron chi connectivity index (χ3n) is 1.52. The van der Waals surface area contributed by atoms with Gasteiger partial charge in [0, 0.05) is 5.54 Å². The highest BCUT2D eigenvalue weighted by atomic mass is 32.4. The van der Waals surface area contributed by atoms with Crippen molar-refractivity contribution >= 4 is 17.0 Å². The summed E-state index contributed by atoms with van der Waals surface area (Å²) in [6.07, 6.45) is 0. The summed E-state index contributed by atoms with van der Waals surface area (Å²) in [7, 11) is -4.77. The molecule has 0 aliphatic rings. The summed E-state index contributed by atoms with van der Waals surface area (Å²) >= 11 is 0. The van der Waals surface area contributed by atoms with Crippen LogP contribution in [0.25, 0.3) is 0 Å². The lowest BCUT2D eigenvalue weighted by Gasteiger charge is -2.31. The maximum atomic E-state index is 11.5. The van der Waals surface area contributed by atoms with Gasteiger partial charge in [-0.05, 0) is 33.9 Å². The first kappa shape index (κ1) is 13.1. The van der Waals surface area contributed by atoms with Crippen molar-refractivity contribution < 1.29 is 12.6 Å². The Morgan fingerprint density at radius 3 is 1.85 bits per heavy atom. The third kappa shape index (κ3) is 3.76. The molecule has 0 saturated heterocycles. The average molecular weight is 225 g/mol. The van der Waals surface area contributed by atoms with Crippen LogP contribution in [0.4, 0.5) is 0 Å². The fourth-order valence-corrected chi connectivity index (χ4v) is 6.07. The molecule has 0 rings (SSSR count). The maximum Gasteiger partial charge on any atom is 0.294 e. The van der Waals surface area contributed by atoms with E-state index in [1.54, 1.807) is 13.1 Å². The molecule has 0 radical (unpaired) electrons. The summed E-state index contributed by atoms with van der Waals surface area (Å²) in [5.41, 5.74) is -0.207. The first-order chi connectivity index (χ1) is 5.52. The normalized spacial score (nSPS) is 14.6. The van der Waals surface area contributed by atoms with Crippen molar-refractivity contribution in [2.45, 2.75) is 39.4 Å². The van der Waals surface area contributed by atoms with Crippen LogP contribution in [0.15, 0.2) is 0 Å². The minimum atomic E-state index is -3.40. The molecule has 0 unspecified atom stereocenters. The van der Waals surface area contributed by atoms with Crippen LogP contribution >= 0.6 is 0 Å². The Bertz CT molecular complexity index is 266. The van der Waals surface area contributed by atoms with Gasteiger partial charge in [0.15, 0.2) is 0 Å². The molecule has 0 atom stereocenters. The third-order valence-corrected chi connectivity index (χ3v) is 9.12. The minimum Gasteiger partial charge on any atom is -0.319 e. The number of hydrogen-bond donors (Lipinski definition) is 1. The van der Waals surface area contributed by atoms with Crippen molar-refractivity contribution in [1.29, 1.82) is 0 Å². The van der Waals surface area contributed by atoms with Crippen LogP contribution in [0.5, 0.6) is 0 Å². The molecule has 6 heteroatoms. The molecule has 0 aromatic rings. The van der Waals surface area contributed by atoms with Gasteiger partial charge in [-0.1, -0.05) is 0 Å². The van der Waals surface area contributed by atoms with Crippen molar-refractivity contribution in [2.75, 3.05) is 7.11 Å². The molecule has 0 spiro atoms. The Morgan fingerprint density at radius 2 is 1.62 bits per heavy atom. The average Bonchev–Trinajstić information content (AvgIpc) is 1.81. The van der Waals surface area contributed by atoms with E-state index in [2.05, 4.69) is 9.17 Å². The highest BCUT2D eigenvalue weighted by Crippen LogP contribution is 2.14. The van der Waals surface area contributed by atoms with Crippen LogP contribution in [0.2, 0.25) is 13.1 Å². The van der Waals surface area contributed by atoms with E-state index in [0.29, 0.717) is 0 Å². The van der Waals surface area contributed by atoms with Crippen molar-refractivity contribution in [3.05, 3.63) is 0 Å². The SMILES string of the molecule is COS(=O)(=O)[Si](C)(C)NC(C)(C)C. The summed E-state index contributed by atoms with van der Waals surface area (Å²) < 4.78 is 27.5. The lowest BCUT2D eigenvalue weighted by molar-refractivity contribution is 0.406. The molecular weight excluding hydrogens is 206 g/mol. The predicted octanol–water partition coefficient (Wildman–Crippen LogP) is 1.05. The largest absolute Gasteiger partial charge is 0.319 e. The van der Waals surface area contributed by atoms with Crippen molar-refractivity contribution in [3.8, 4) is 0 Å². The summed E-state index contributed by atoms with van der Waals surface area (Å²) in [5, 5.41) is 0. The Labute approximate surface area is 81.5 Å². The van der Waals surface area contributed by atoms with Crippen LogP contribution in [-0.2, 0) is 13.8 Å². The van der Waals surface area contributed by atoms with Crippen LogP contribution < -0.4 is 4.98 Å². The molecule has 0 fully saturated rings. The predicted molar refractivity (Wildman–Crippen MR) is 56.3 cm³/mol. The van der Waals surface area contributed by atoms with E-state index < -0.39 is 17.0 Å². The molecule has 0 heterocycles. The second-order valence-corrected chi connectivity index (χ2v) is 13.6. The Hall–Kier alpha value is 0.0869. The van der Waals surface area contributed by atoms with Gasteiger partial charge in [-0.2, -0.15) is 0 Å². The quantitative estimate of drug-likeness (QED) is 0.730. The van der Waals surface area contributed by atoms with Gasteiger partial charge >= 0.3 is 0 Å². The molecule has 13 heavy (non-hydrogen) atoms. The second kappa shape index (κ2) is 3.68. The van der Waals surface area contributed by atoms with Crippen LogP contribution in [-0.4, -0.2) is 28.5 Å². The molecule has 0 aromatic heterocycles. The van der Waals surface area contributed by atoms with E-state index in [1.165, 1.54) is 7.11 Å². The first-order valence-corrected chi connectivity index (χ1v) is 9.25. The smallest absolute Gasteiger partial charge is 0.294 e. The van der Waals surface area contributed by atoms with Gasteiger partial charge in [-0.15, -0.1) is 0 Å². The second-order valence-electron chi connectivity index (χ2n) is 4.51. The summed E-state index contributed by atoms with van der Waals surface area (Å²) in [5.74, 6) is 0. The highest BCUT2D eigenvalue weighted by Gasteiger charge is 2.41. The van der Waals surface area contributed by atoms with Gasteiger partial charge in [0.1, 0.15) is 0 Å². The van der Waals surface area contributed by atoms with E-state index in [-0.39, 0.29) is 5.54 Å². The number of rotatable bonds is 3. The van der Waals surface area contributed by atoms with Gasteiger partial charge in [0.2, 0.25) is 9.57 Å². The molecule has 0 bridgehead atoms. The lowest BCUT2D eigenvalue weighted by atomic mass is 10.1. The summed E-state index contributed by atoms with van der Waals surface area (Å²) in [6, 6.07) is 0. The molecule has 0 aliphatic carbocycles. The van der Waals surface area contributed by atoms with E-state index in [9.17, 15) is 8.42 Å². The van der Waals surface area contributed by atoms with Crippen molar-refractivity contribution in [1.82, 2.24) is 4.98 Å². The van der Waals surface area contributed by atoms with Gasteiger partial charge < -0.3 is 4.98 Å². The van der Waals surface area contributed by atoms with Crippen LogP contribution in [0.3, 0.4) is 0 Å². The fourth-order valence-electron chi connectivity index (χ4n) is 1.17. The molecule has 1 N–H and O–H groups in total. The number of nitrogens with one attached hydrogen (secondary N) is 1. The molecule has 80 valence electrons. The maximum absolute atomic E-state index is 11.5. The van der Waals surface area contributed by atoms with Gasteiger partial charge in [0.25, 0.3) is 7.38 Å². The van der Waals surface area contributed by atoms with Gasteiger partial charge in [0.05, 0.1) is 7.11 Å². The minimum absolute atomic E-state index is 0.207. The first-order valence-electron chi connectivity index (χ1n) is 4.11. The molecule has 4 nitrogen and oxygen atoms in total. The van der Waals surface area contributed by atoms with E-state index in [1.807, 2.05) is 20.8 Å². The fraction of sp³-hybridized carbons (Fsp3) is 1.00. The van der Waals surface area contributed by atoms with Crippen molar-refractivity contribution in [2.24, 2.45) is 0 Å². The molecule has 0 saturated carbocycles. The molecule has 0 aromatic carbocycles.